The van der Waals surface area contributed by atoms with Crippen LogP contribution in [0.25, 0.3) is 0 Å². The van der Waals surface area contributed by atoms with Gasteiger partial charge in [0.05, 0.1) is 0 Å². The number of amides is 1. The van der Waals surface area contributed by atoms with Gasteiger partial charge in [-0.1, -0.05) is 22.4 Å². The van der Waals surface area contributed by atoms with Crippen LogP contribution in [0.4, 0.5) is 0 Å². The molecular weight excluding hydrogens is 194 g/mol. The number of hydrogen-bond acceptors (Lipinski definition) is 1. The van der Waals surface area contributed by atoms with Crippen LogP contribution in [-0.4, -0.2) is 16.8 Å². The zero-order valence-electron chi connectivity index (χ0n) is 6.06. The Morgan fingerprint density at radius 1 is 1.60 bits per heavy atom. The molecule has 1 rings (SSSR count). The topological polar surface area (TPSA) is 29.1 Å². The molecule has 3 heteroatoms. The Morgan fingerprint density at radius 3 is 2.70 bits per heavy atom. The molecule has 58 valence electrons. The highest BCUT2D eigenvalue weighted by Gasteiger charge is 2.24. The predicted octanol–water partition coefficient (Wildman–Crippen LogP) is 1.44. The van der Waals surface area contributed by atoms with Crippen molar-refractivity contribution in [2.45, 2.75) is 37.1 Å². The summed E-state index contributed by atoms with van der Waals surface area (Å²) in [6.45, 7) is 1.57. The predicted molar refractivity (Wildman–Crippen MR) is 44.2 cm³/mol. The first kappa shape index (κ1) is 8.05. The summed E-state index contributed by atoms with van der Waals surface area (Å²) in [6.07, 6.45) is 3.53. The van der Waals surface area contributed by atoms with Crippen LogP contribution in [0.1, 0.15) is 26.2 Å². The van der Waals surface area contributed by atoms with Gasteiger partial charge in [0.15, 0.2) is 0 Å². The highest BCUT2D eigenvalue weighted by atomic mass is 79.9. The number of carbonyl (C=O) groups is 1. The Hall–Kier alpha value is -0.0500. The maximum absolute atomic E-state index is 10.6. The molecule has 1 aliphatic rings. The van der Waals surface area contributed by atoms with Gasteiger partial charge in [-0.2, -0.15) is 0 Å². The van der Waals surface area contributed by atoms with Crippen molar-refractivity contribution in [2.24, 2.45) is 0 Å². The van der Waals surface area contributed by atoms with Crippen LogP contribution in [0.3, 0.4) is 0 Å². The first-order chi connectivity index (χ1) is 4.70. The zero-order valence-corrected chi connectivity index (χ0v) is 7.65. The summed E-state index contributed by atoms with van der Waals surface area (Å²) in [5.74, 6) is 0.0800. The Bertz CT molecular complexity index is 138. The Kier molecular flexibility index (Phi) is 2.72. The van der Waals surface area contributed by atoms with Crippen molar-refractivity contribution in [3.8, 4) is 0 Å². The van der Waals surface area contributed by atoms with Crippen LogP contribution in [0.2, 0.25) is 0 Å². The zero-order chi connectivity index (χ0) is 7.56. The quantitative estimate of drug-likeness (QED) is 0.646. The van der Waals surface area contributed by atoms with Gasteiger partial charge in [0.2, 0.25) is 5.91 Å². The van der Waals surface area contributed by atoms with Crippen LogP contribution in [0.5, 0.6) is 0 Å². The van der Waals surface area contributed by atoms with Gasteiger partial charge in [0, 0.05) is 17.8 Å². The van der Waals surface area contributed by atoms with Crippen molar-refractivity contribution in [3.05, 3.63) is 0 Å². The van der Waals surface area contributed by atoms with Gasteiger partial charge < -0.3 is 5.32 Å². The third-order valence-electron chi connectivity index (χ3n) is 1.82. The van der Waals surface area contributed by atoms with E-state index in [1.54, 1.807) is 6.92 Å². The van der Waals surface area contributed by atoms with E-state index in [4.69, 9.17) is 0 Å². The van der Waals surface area contributed by atoms with E-state index in [0.29, 0.717) is 10.9 Å². The molecule has 1 fully saturated rings. The fourth-order valence-corrected chi connectivity index (χ4v) is 2.06. The van der Waals surface area contributed by atoms with Gasteiger partial charge in [0.25, 0.3) is 0 Å². The van der Waals surface area contributed by atoms with Gasteiger partial charge >= 0.3 is 0 Å². The molecule has 1 N–H and O–H groups in total. The molecule has 0 bridgehead atoms. The maximum atomic E-state index is 10.6. The summed E-state index contributed by atoms with van der Waals surface area (Å²) in [5.41, 5.74) is 0. The van der Waals surface area contributed by atoms with E-state index in [0.717, 1.165) is 6.42 Å². The van der Waals surface area contributed by atoms with E-state index < -0.39 is 0 Å². The molecule has 1 amide bonds. The van der Waals surface area contributed by atoms with Crippen molar-refractivity contribution in [3.63, 3.8) is 0 Å². The van der Waals surface area contributed by atoms with Gasteiger partial charge in [0.1, 0.15) is 0 Å². The monoisotopic (exact) mass is 205 g/mol. The minimum atomic E-state index is 0.0800. The van der Waals surface area contributed by atoms with Gasteiger partial charge in [-0.05, 0) is 12.8 Å². The molecule has 10 heavy (non-hydrogen) atoms. The number of nitrogens with one attached hydrogen (secondary N) is 1. The van der Waals surface area contributed by atoms with Crippen molar-refractivity contribution >= 4 is 21.8 Å². The second-order valence-corrected chi connectivity index (χ2v) is 3.93. The molecule has 2 nitrogen and oxygen atoms in total. The lowest BCUT2D eigenvalue weighted by Crippen LogP contribution is -2.35. The van der Waals surface area contributed by atoms with Crippen LogP contribution < -0.4 is 5.32 Å². The third-order valence-corrected chi connectivity index (χ3v) is 2.92. The molecule has 2 atom stereocenters. The lowest BCUT2D eigenvalue weighted by atomic mass is 10.2. The van der Waals surface area contributed by atoms with Gasteiger partial charge in [-0.25, -0.2) is 0 Å². The minimum Gasteiger partial charge on any atom is -0.352 e. The average Bonchev–Trinajstić information content (AvgIpc) is 2.15. The van der Waals surface area contributed by atoms with E-state index in [1.165, 1.54) is 12.8 Å². The largest absolute Gasteiger partial charge is 0.352 e. The highest BCUT2D eigenvalue weighted by molar-refractivity contribution is 9.09. The molecule has 0 heterocycles. The smallest absolute Gasteiger partial charge is 0.217 e. The highest BCUT2D eigenvalue weighted by Crippen LogP contribution is 2.25. The summed E-state index contributed by atoms with van der Waals surface area (Å²) >= 11 is 3.52. The summed E-state index contributed by atoms with van der Waals surface area (Å²) in [7, 11) is 0. The molecular formula is C7H12BrNO. The molecule has 1 aliphatic carbocycles. The van der Waals surface area contributed by atoms with Gasteiger partial charge in [-0.3, -0.25) is 4.79 Å². The summed E-state index contributed by atoms with van der Waals surface area (Å²) < 4.78 is 0. The minimum absolute atomic E-state index is 0.0800. The first-order valence-corrected chi connectivity index (χ1v) is 4.53. The number of carbonyl (C=O) groups excluding carboxylic acids is 1. The van der Waals surface area contributed by atoms with E-state index in [-0.39, 0.29) is 5.91 Å². The SMILES string of the molecule is CC(=O)NC1CCCC1Br. The lowest BCUT2D eigenvalue weighted by Gasteiger charge is -2.13. The average molecular weight is 206 g/mol. The fourth-order valence-electron chi connectivity index (χ4n) is 1.34. The van der Waals surface area contributed by atoms with Crippen LogP contribution in [0.15, 0.2) is 0 Å². The second-order valence-electron chi connectivity index (χ2n) is 2.75. The third kappa shape index (κ3) is 1.97. The normalized spacial score (nSPS) is 32.2. The first-order valence-electron chi connectivity index (χ1n) is 3.61. The fraction of sp³-hybridized carbons (Fsp3) is 0.857. The van der Waals surface area contributed by atoms with Crippen molar-refractivity contribution in [1.29, 1.82) is 0 Å². The lowest BCUT2D eigenvalue weighted by molar-refractivity contribution is -0.119. The van der Waals surface area contributed by atoms with Crippen molar-refractivity contribution in [1.82, 2.24) is 5.32 Å². The molecule has 0 radical (unpaired) electrons. The van der Waals surface area contributed by atoms with Crippen molar-refractivity contribution < 1.29 is 4.79 Å². The summed E-state index contributed by atoms with van der Waals surface area (Å²) in [6, 6.07) is 0.373. The Morgan fingerprint density at radius 2 is 2.30 bits per heavy atom. The van der Waals surface area contributed by atoms with Crippen LogP contribution >= 0.6 is 15.9 Å². The summed E-state index contributed by atoms with van der Waals surface area (Å²) in [5, 5.41) is 2.91. The molecule has 0 aromatic rings. The van der Waals surface area contributed by atoms with E-state index in [1.807, 2.05) is 0 Å². The van der Waals surface area contributed by atoms with E-state index in [2.05, 4.69) is 21.2 Å². The second kappa shape index (κ2) is 3.37. The molecule has 0 saturated heterocycles. The maximum Gasteiger partial charge on any atom is 0.217 e. The standard InChI is InChI=1S/C7H12BrNO/c1-5(10)9-7-4-2-3-6(7)8/h6-7H,2-4H2,1H3,(H,9,10). The Labute approximate surface area is 69.5 Å². The van der Waals surface area contributed by atoms with E-state index >= 15 is 0 Å². The molecule has 0 aromatic heterocycles. The molecule has 0 aliphatic heterocycles. The molecule has 0 spiro atoms. The molecule has 1 saturated carbocycles. The number of halogens is 1. The van der Waals surface area contributed by atoms with Crippen LogP contribution in [0, 0.1) is 0 Å². The molecule has 2 unspecified atom stereocenters. The number of rotatable bonds is 1. The summed E-state index contributed by atoms with van der Waals surface area (Å²) in [4.78, 5) is 11.1. The number of alkyl halides is 1. The number of hydrogen-bond donors (Lipinski definition) is 1. The van der Waals surface area contributed by atoms with Crippen LogP contribution in [-0.2, 0) is 4.79 Å². The van der Waals surface area contributed by atoms with Crippen molar-refractivity contribution in [2.75, 3.05) is 0 Å². The Balaban J connectivity index is 2.33. The molecule has 0 aromatic carbocycles. The van der Waals surface area contributed by atoms with E-state index in [9.17, 15) is 4.79 Å². The van der Waals surface area contributed by atoms with Gasteiger partial charge in [-0.15, -0.1) is 0 Å².